The number of alkyl halides is 3. The Bertz CT molecular complexity index is 879. The van der Waals surface area contributed by atoms with Crippen LogP contribution in [-0.2, 0) is 6.18 Å². The molecule has 2 aromatic rings. The van der Waals surface area contributed by atoms with Crippen molar-refractivity contribution >= 4 is 11.7 Å². The highest BCUT2D eigenvalue weighted by Crippen LogP contribution is 2.32. The largest absolute Gasteiger partial charge is 0.416 e. The van der Waals surface area contributed by atoms with E-state index in [2.05, 4.69) is 5.32 Å². The number of nitrogens with zero attached hydrogens (tertiary/aromatic N) is 2. The Morgan fingerprint density at radius 3 is 2.31 bits per heavy atom. The molecule has 9 heteroatoms. The second-order valence-electron chi connectivity index (χ2n) is 7.11. The van der Waals surface area contributed by atoms with Crippen LogP contribution in [0.15, 0.2) is 42.5 Å². The van der Waals surface area contributed by atoms with Gasteiger partial charge in [-0.15, -0.1) is 0 Å². The van der Waals surface area contributed by atoms with Crippen molar-refractivity contribution in [2.45, 2.75) is 25.2 Å². The molecular formula is C20H20F5N3O. The summed E-state index contributed by atoms with van der Waals surface area (Å²) in [5, 5.41) is 2.31. The summed E-state index contributed by atoms with van der Waals surface area (Å²) in [5.74, 6) is -1.40. The second kappa shape index (κ2) is 7.98. The van der Waals surface area contributed by atoms with Gasteiger partial charge < -0.3 is 10.2 Å². The summed E-state index contributed by atoms with van der Waals surface area (Å²) in [6, 6.07) is 7.51. The van der Waals surface area contributed by atoms with E-state index in [1.54, 1.807) is 12.1 Å². The van der Waals surface area contributed by atoms with E-state index in [1.165, 1.54) is 17.0 Å². The number of anilines is 1. The zero-order valence-corrected chi connectivity index (χ0v) is 15.8. The van der Waals surface area contributed by atoms with Crippen molar-refractivity contribution in [3.05, 3.63) is 65.2 Å². The minimum absolute atomic E-state index is 0.0108. The molecule has 156 valence electrons. The Hall–Kier alpha value is -2.68. The molecule has 1 N–H and O–H groups in total. The Kier molecular flexibility index (Phi) is 5.79. The van der Waals surface area contributed by atoms with Gasteiger partial charge in [0, 0.05) is 30.9 Å². The number of halogens is 5. The van der Waals surface area contributed by atoms with Crippen LogP contribution in [0.5, 0.6) is 0 Å². The molecule has 1 heterocycles. The summed E-state index contributed by atoms with van der Waals surface area (Å²) >= 11 is 0. The minimum atomic E-state index is -4.71. The molecule has 0 saturated carbocycles. The standard InChI is InChI=1S/C20H20F5N3O/c1-12(13-3-5-15(21)6-4-13)27(2)18-10-28(11-18)19(29)26-17-8-14(20(23,24)25)7-16(22)9-17/h3-9,12,18H,10-11H2,1-2H3,(H,26,29). The van der Waals surface area contributed by atoms with Crippen LogP contribution in [-0.4, -0.2) is 42.0 Å². The molecule has 1 atom stereocenters. The zero-order valence-electron chi connectivity index (χ0n) is 15.8. The first-order valence-electron chi connectivity index (χ1n) is 8.95. The molecule has 1 aliphatic rings. The van der Waals surface area contributed by atoms with E-state index >= 15 is 0 Å². The molecule has 1 fully saturated rings. The summed E-state index contributed by atoms with van der Waals surface area (Å²) in [6.07, 6.45) is -4.71. The Labute approximate surface area is 164 Å². The summed E-state index contributed by atoms with van der Waals surface area (Å²) in [5.41, 5.74) is -0.489. The van der Waals surface area contributed by atoms with Gasteiger partial charge in [0.05, 0.1) is 5.56 Å². The highest BCUT2D eigenvalue weighted by molar-refractivity contribution is 5.90. The molecular weight excluding hydrogens is 393 g/mol. The first-order chi connectivity index (χ1) is 13.5. The molecule has 1 aliphatic heterocycles. The quantitative estimate of drug-likeness (QED) is 0.725. The van der Waals surface area contributed by atoms with Crippen molar-refractivity contribution in [2.24, 2.45) is 0 Å². The Morgan fingerprint density at radius 1 is 1.10 bits per heavy atom. The monoisotopic (exact) mass is 413 g/mol. The SMILES string of the molecule is CC(c1ccc(F)cc1)N(C)C1CN(C(=O)Nc2cc(F)cc(C(F)(F)F)c2)C1. The van der Waals surface area contributed by atoms with Crippen LogP contribution in [0.1, 0.15) is 24.1 Å². The van der Waals surface area contributed by atoms with Crippen LogP contribution < -0.4 is 5.32 Å². The van der Waals surface area contributed by atoms with Gasteiger partial charge >= 0.3 is 12.2 Å². The molecule has 3 rings (SSSR count). The maximum atomic E-state index is 13.5. The molecule has 1 unspecified atom stereocenters. The van der Waals surface area contributed by atoms with Gasteiger partial charge in [-0.1, -0.05) is 12.1 Å². The summed E-state index contributed by atoms with van der Waals surface area (Å²) in [4.78, 5) is 15.7. The van der Waals surface area contributed by atoms with Crippen LogP contribution >= 0.6 is 0 Å². The molecule has 0 aliphatic carbocycles. The number of carbonyl (C=O) groups is 1. The molecule has 2 amide bonds. The first kappa shape index (κ1) is 21.0. The van der Waals surface area contributed by atoms with Crippen molar-refractivity contribution in [3.63, 3.8) is 0 Å². The van der Waals surface area contributed by atoms with Gasteiger partial charge in [-0.25, -0.2) is 13.6 Å². The van der Waals surface area contributed by atoms with Gasteiger partial charge in [0.1, 0.15) is 11.6 Å². The fraction of sp³-hybridized carbons (Fsp3) is 0.350. The normalized spacial score (nSPS) is 15.9. The molecule has 4 nitrogen and oxygen atoms in total. The number of carbonyl (C=O) groups excluding carboxylic acids is 1. The first-order valence-corrected chi connectivity index (χ1v) is 8.95. The third-order valence-corrected chi connectivity index (χ3v) is 5.17. The molecule has 0 bridgehead atoms. The van der Waals surface area contributed by atoms with E-state index < -0.39 is 23.6 Å². The summed E-state index contributed by atoms with van der Waals surface area (Å²) in [7, 11) is 1.89. The van der Waals surface area contributed by atoms with Crippen LogP contribution in [0.3, 0.4) is 0 Å². The van der Waals surface area contributed by atoms with Crippen molar-refractivity contribution in [2.75, 3.05) is 25.5 Å². The lowest BCUT2D eigenvalue weighted by atomic mass is 10.0. The molecule has 1 saturated heterocycles. The van der Waals surface area contributed by atoms with Crippen molar-refractivity contribution in [3.8, 4) is 0 Å². The van der Waals surface area contributed by atoms with Gasteiger partial charge in [0.15, 0.2) is 0 Å². The number of hydrogen-bond donors (Lipinski definition) is 1. The maximum Gasteiger partial charge on any atom is 0.416 e. The van der Waals surface area contributed by atoms with E-state index in [1.807, 2.05) is 18.9 Å². The van der Waals surface area contributed by atoms with E-state index in [-0.39, 0.29) is 23.6 Å². The van der Waals surface area contributed by atoms with Gasteiger partial charge in [-0.05, 0) is 49.9 Å². The molecule has 0 aromatic heterocycles. The van der Waals surface area contributed by atoms with Crippen LogP contribution in [0.2, 0.25) is 0 Å². The van der Waals surface area contributed by atoms with Crippen LogP contribution in [0, 0.1) is 11.6 Å². The van der Waals surface area contributed by atoms with E-state index in [0.29, 0.717) is 25.2 Å². The Balaban J connectivity index is 1.57. The Morgan fingerprint density at radius 2 is 1.72 bits per heavy atom. The summed E-state index contributed by atoms with van der Waals surface area (Å²) < 4.78 is 64.9. The van der Waals surface area contributed by atoms with Gasteiger partial charge in [-0.2, -0.15) is 13.2 Å². The molecule has 0 radical (unpaired) electrons. The predicted octanol–water partition coefficient (Wildman–Crippen LogP) is 4.89. The van der Waals surface area contributed by atoms with Crippen LogP contribution in [0.4, 0.5) is 32.4 Å². The van der Waals surface area contributed by atoms with Crippen molar-refractivity contribution < 1.29 is 26.7 Å². The van der Waals surface area contributed by atoms with E-state index in [9.17, 15) is 26.7 Å². The van der Waals surface area contributed by atoms with Crippen molar-refractivity contribution in [1.82, 2.24) is 9.80 Å². The lowest BCUT2D eigenvalue weighted by Crippen LogP contribution is -2.61. The minimum Gasteiger partial charge on any atom is -0.321 e. The number of benzene rings is 2. The lowest BCUT2D eigenvalue weighted by molar-refractivity contribution is -0.137. The van der Waals surface area contributed by atoms with E-state index in [0.717, 1.165) is 11.6 Å². The maximum absolute atomic E-state index is 13.5. The fourth-order valence-electron chi connectivity index (χ4n) is 3.20. The lowest BCUT2D eigenvalue weighted by Gasteiger charge is -2.46. The number of nitrogens with one attached hydrogen (secondary N) is 1. The fourth-order valence-corrected chi connectivity index (χ4v) is 3.20. The number of urea groups is 1. The highest BCUT2D eigenvalue weighted by Gasteiger charge is 2.36. The molecule has 0 spiro atoms. The number of amides is 2. The zero-order chi connectivity index (χ0) is 21.3. The smallest absolute Gasteiger partial charge is 0.321 e. The summed E-state index contributed by atoms with van der Waals surface area (Å²) in [6.45, 7) is 2.70. The number of likely N-dealkylation sites (N-methyl/N-ethyl adjacent to an activating group) is 1. The van der Waals surface area contributed by atoms with E-state index in [4.69, 9.17) is 0 Å². The highest BCUT2D eigenvalue weighted by atomic mass is 19.4. The number of rotatable bonds is 4. The second-order valence-corrected chi connectivity index (χ2v) is 7.11. The number of hydrogen-bond acceptors (Lipinski definition) is 2. The topological polar surface area (TPSA) is 35.6 Å². The average Bonchev–Trinajstić information content (AvgIpc) is 2.59. The number of likely N-dealkylation sites (tertiary alicyclic amines) is 1. The van der Waals surface area contributed by atoms with Crippen LogP contribution in [0.25, 0.3) is 0 Å². The van der Waals surface area contributed by atoms with Gasteiger partial charge in [-0.3, -0.25) is 4.90 Å². The predicted molar refractivity (Wildman–Crippen MR) is 98.4 cm³/mol. The molecule has 29 heavy (non-hydrogen) atoms. The van der Waals surface area contributed by atoms with Crippen molar-refractivity contribution in [1.29, 1.82) is 0 Å². The molecule has 2 aromatic carbocycles. The third kappa shape index (κ3) is 4.84. The van der Waals surface area contributed by atoms with Gasteiger partial charge in [0.2, 0.25) is 0 Å². The van der Waals surface area contributed by atoms with Gasteiger partial charge in [0.25, 0.3) is 0 Å². The average molecular weight is 413 g/mol. The third-order valence-electron chi connectivity index (χ3n) is 5.17.